The Morgan fingerprint density at radius 2 is 1.69 bits per heavy atom. The number of aliphatic hydroxyl groups excluding tert-OH is 2. The molecule has 230 valence electrons. The van der Waals surface area contributed by atoms with E-state index >= 15 is 0 Å². The number of amides is 2. The largest absolute Gasteiger partial charge is 0.508 e. The number of rotatable bonds is 5. The van der Waals surface area contributed by atoms with Crippen LogP contribution < -0.4 is 16.0 Å². The number of phenolic OH excluding ortho intramolecular Hbond substituents is 1. The zero-order chi connectivity index (χ0) is 32.2. The average molecular weight is 633 g/mol. The number of carbonyl (C=O) groups is 4. The molecule has 16 nitrogen and oxygen atoms in total. The summed E-state index contributed by atoms with van der Waals surface area (Å²) in [4.78, 5) is 53.3. The summed E-state index contributed by atoms with van der Waals surface area (Å²) in [6.07, 6.45) is 0.304. The molecule has 1 saturated carbocycles. The van der Waals surface area contributed by atoms with Gasteiger partial charge in [0.25, 0.3) is 5.91 Å². The fourth-order valence-electron chi connectivity index (χ4n) is 5.98. The summed E-state index contributed by atoms with van der Waals surface area (Å²) in [7, 11) is 1.72. The van der Waals surface area contributed by atoms with Gasteiger partial charge in [-0.25, -0.2) is 0 Å². The molecule has 0 aliphatic heterocycles. The number of Topliss-reactive ketones (excluding diaryl/α,β-unsaturated/α-hetero) is 2. The number of likely N-dealkylation sites (N-methyl/N-ethyl adjacent to an activating group) is 1. The monoisotopic (exact) mass is 632 g/mol. The number of aromatic hydroxyl groups is 1. The van der Waals surface area contributed by atoms with Gasteiger partial charge in [0.1, 0.15) is 22.8 Å². The van der Waals surface area contributed by atoms with E-state index in [1.807, 2.05) is 0 Å². The molecule has 3 aliphatic rings. The Kier molecular flexibility index (Phi) is 8.71. The lowest BCUT2D eigenvalue weighted by Crippen LogP contribution is -2.65. The minimum Gasteiger partial charge on any atom is -0.508 e. The number of carbonyl (C=O) groups excluding carboxylic acids is 4. The number of nitrogens with one attached hydrogen (secondary N) is 1. The predicted octanol–water partition coefficient (Wildman–Crippen LogP) is -0.401. The Balaban J connectivity index is 0.000000892. The second-order valence-electron chi connectivity index (χ2n) is 10.3. The fraction of sp³-hybridized carbons (Fsp3) is 0.417. The van der Waals surface area contributed by atoms with Gasteiger partial charge in [-0.05, 0) is 38.4 Å². The van der Waals surface area contributed by atoms with Crippen molar-refractivity contribution in [2.24, 2.45) is 17.6 Å². The summed E-state index contributed by atoms with van der Waals surface area (Å²) in [5.41, 5.74) is 1.79. The van der Waals surface area contributed by atoms with Crippen LogP contribution in [0, 0.1) is 11.8 Å². The molecule has 0 spiro atoms. The van der Waals surface area contributed by atoms with Crippen LogP contribution in [0.15, 0.2) is 16.9 Å². The number of aliphatic hydroxyl groups is 3. The first-order valence-electron chi connectivity index (χ1n) is 12.0. The third-order valence-electron chi connectivity index (χ3n) is 7.45. The van der Waals surface area contributed by atoms with Crippen molar-refractivity contribution in [3.8, 4) is 5.75 Å². The molecule has 4 unspecified atom stereocenters. The summed E-state index contributed by atoms with van der Waals surface area (Å²) in [6, 6.07) is -1.18. The number of ketones is 2. The Hall–Kier alpha value is -3.74. The van der Waals surface area contributed by atoms with Crippen molar-refractivity contribution in [2.75, 3.05) is 38.4 Å². The van der Waals surface area contributed by atoms with Gasteiger partial charge in [-0.3, -0.25) is 33.2 Å². The summed E-state index contributed by atoms with van der Waals surface area (Å²) in [5.74, 6) is -7.63. The molecule has 0 heterocycles. The number of hydrogen-bond acceptors (Lipinski definition) is 12. The van der Waals surface area contributed by atoms with Crippen LogP contribution in [0.1, 0.15) is 17.5 Å². The number of nitrogens with two attached hydrogens (primary N) is 1. The van der Waals surface area contributed by atoms with Gasteiger partial charge in [0, 0.05) is 25.6 Å². The van der Waals surface area contributed by atoms with E-state index in [0.29, 0.717) is 11.3 Å². The summed E-state index contributed by atoms with van der Waals surface area (Å²) >= 11 is 6.50. The first-order chi connectivity index (χ1) is 19.2. The van der Waals surface area contributed by atoms with Crippen LogP contribution in [0.3, 0.4) is 0 Å². The van der Waals surface area contributed by atoms with Crippen molar-refractivity contribution in [2.45, 2.75) is 24.5 Å². The molecule has 0 aromatic heterocycles. The van der Waals surface area contributed by atoms with Crippen molar-refractivity contribution >= 4 is 63.0 Å². The zero-order valence-electron chi connectivity index (χ0n) is 22.6. The lowest BCUT2D eigenvalue weighted by atomic mass is 9.57. The topological polar surface area (TPSA) is 268 Å². The van der Waals surface area contributed by atoms with Gasteiger partial charge in [-0.2, -0.15) is 8.42 Å². The van der Waals surface area contributed by atoms with E-state index in [0.717, 1.165) is 0 Å². The van der Waals surface area contributed by atoms with E-state index in [9.17, 15) is 39.6 Å². The number of anilines is 2. The normalized spacial score (nSPS) is 25.2. The molecule has 9 N–H and O–H groups in total. The van der Waals surface area contributed by atoms with Gasteiger partial charge in [-0.15, -0.1) is 0 Å². The smallest absolute Gasteiger partial charge is 0.394 e. The number of halogens is 1. The third-order valence-corrected chi connectivity index (χ3v) is 7.82. The van der Waals surface area contributed by atoms with Crippen LogP contribution in [-0.4, -0.2) is 107 Å². The Morgan fingerprint density at radius 3 is 2.14 bits per heavy atom. The lowest BCUT2D eigenvalue weighted by Gasteiger charge is -2.50. The maximum absolute atomic E-state index is 13.9. The maximum Gasteiger partial charge on any atom is 0.394 e. The standard InChI is InChI=1S/C24H27ClN4O8.H2O4S/c1-28(2)16-9-5-8-6-10-17(29(3)4)20(33)13(23(26)36)22(35)24(10,37)21(34)11(8)18(31)12(9)19(32)15(14(16)25)27-7-30;1-5(2,3)4/h7-8,10,17,31-32,35,37H,5-6H2,1-4H3,(H2,26,36)(H,27,30);(H2,1,2,3,4). The van der Waals surface area contributed by atoms with Gasteiger partial charge >= 0.3 is 10.4 Å². The van der Waals surface area contributed by atoms with E-state index in [1.54, 1.807) is 19.0 Å². The van der Waals surface area contributed by atoms with Crippen LogP contribution in [0.5, 0.6) is 5.75 Å². The first-order valence-corrected chi connectivity index (χ1v) is 13.8. The van der Waals surface area contributed by atoms with Crippen molar-refractivity contribution < 1.29 is 57.1 Å². The molecule has 18 heteroatoms. The van der Waals surface area contributed by atoms with Crippen LogP contribution in [-0.2, 0) is 36.0 Å². The summed E-state index contributed by atoms with van der Waals surface area (Å²) in [6.45, 7) is 0. The second kappa shape index (κ2) is 11.2. The van der Waals surface area contributed by atoms with Gasteiger partial charge < -0.3 is 36.4 Å². The van der Waals surface area contributed by atoms with Crippen molar-refractivity contribution in [3.63, 3.8) is 0 Å². The Morgan fingerprint density at radius 1 is 1.14 bits per heavy atom. The molecule has 0 radical (unpaired) electrons. The molecule has 1 aromatic rings. The molecule has 1 aromatic carbocycles. The molecule has 2 amide bonds. The minimum absolute atomic E-state index is 0.00827. The van der Waals surface area contributed by atoms with Crippen molar-refractivity contribution in [1.29, 1.82) is 0 Å². The van der Waals surface area contributed by atoms with Crippen LogP contribution >= 0.6 is 11.6 Å². The maximum atomic E-state index is 13.9. The summed E-state index contributed by atoms with van der Waals surface area (Å²) < 4.78 is 31.6. The quantitative estimate of drug-likeness (QED) is 0.0888. The van der Waals surface area contributed by atoms with Gasteiger partial charge in [0.2, 0.25) is 12.2 Å². The first kappa shape index (κ1) is 32.8. The molecule has 3 aliphatic carbocycles. The number of fused-ring (bicyclic) bond motifs is 3. The van der Waals surface area contributed by atoms with Crippen LogP contribution in [0.2, 0.25) is 5.02 Å². The third kappa shape index (κ3) is 5.18. The molecule has 0 saturated heterocycles. The van der Waals surface area contributed by atoms with Gasteiger partial charge in [-0.1, -0.05) is 11.6 Å². The molecule has 1 fully saturated rings. The molecular formula is C24H29ClN4O12S. The summed E-state index contributed by atoms with van der Waals surface area (Å²) in [5, 5.41) is 47.1. The highest BCUT2D eigenvalue weighted by molar-refractivity contribution is 7.79. The van der Waals surface area contributed by atoms with E-state index in [-0.39, 0.29) is 41.1 Å². The van der Waals surface area contributed by atoms with Crippen molar-refractivity contribution in [1.82, 2.24) is 4.90 Å². The van der Waals surface area contributed by atoms with E-state index in [1.165, 1.54) is 19.0 Å². The zero-order valence-corrected chi connectivity index (χ0v) is 24.2. The number of primary amides is 1. The van der Waals surface area contributed by atoms with Crippen LogP contribution in [0.25, 0.3) is 5.76 Å². The second-order valence-corrected chi connectivity index (χ2v) is 11.6. The Bertz CT molecular complexity index is 1560. The molecular weight excluding hydrogens is 604 g/mol. The average Bonchev–Trinajstić information content (AvgIpc) is 2.82. The predicted molar refractivity (Wildman–Crippen MR) is 147 cm³/mol. The molecule has 4 atom stereocenters. The van der Waals surface area contributed by atoms with E-state index < -0.39 is 74.2 Å². The Labute approximate surface area is 244 Å². The number of benzene rings is 1. The minimum atomic E-state index is -4.67. The highest BCUT2D eigenvalue weighted by Gasteiger charge is 2.64. The number of hydrogen-bond donors (Lipinski definition) is 8. The van der Waals surface area contributed by atoms with E-state index in [2.05, 4.69) is 5.32 Å². The van der Waals surface area contributed by atoms with Gasteiger partial charge in [0.05, 0.1) is 22.3 Å². The molecule has 0 bridgehead atoms. The lowest BCUT2D eigenvalue weighted by molar-refractivity contribution is -0.153. The number of phenols is 1. The highest BCUT2D eigenvalue weighted by Crippen LogP contribution is 2.56. The van der Waals surface area contributed by atoms with E-state index in [4.69, 9.17) is 34.9 Å². The number of nitrogens with zero attached hydrogens (tertiary/aromatic N) is 2. The van der Waals surface area contributed by atoms with Crippen molar-refractivity contribution in [3.05, 3.63) is 33.1 Å². The SMILES string of the molecule is CN(C)c1c(Cl)c(NC=O)c(O)c2c1CC1CC3C(N(C)C)C(=O)C(C(N)=O)=C(O)C3(O)C(=O)C1=C2O.O=S(=O)(O)O. The highest BCUT2D eigenvalue weighted by atomic mass is 35.5. The molecule has 42 heavy (non-hydrogen) atoms. The molecule has 4 rings (SSSR count). The van der Waals surface area contributed by atoms with Gasteiger partial charge in [0.15, 0.2) is 17.1 Å². The van der Waals surface area contributed by atoms with Crippen LogP contribution in [0.4, 0.5) is 11.4 Å². The fourth-order valence-corrected chi connectivity index (χ4v) is 6.41.